The molecule has 50 heavy (non-hydrogen) atoms. The topological polar surface area (TPSA) is 18.5 Å². The molecular formula is C40H44F5N3S2. The van der Waals surface area contributed by atoms with E-state index < -0.39 is 39.4 Å². The number of aryl methyl sites for hydroxylation is 3. The van der Waals surface area contributed by atoms with Crippen LogP contribution in [0.1, 0.15) is 77.8 Å². The molecule has 10 heteroatoms. The van der Waals surface area contributed by atoms with Gasteiger partial charge >= 0.3 is 0 Å². The molecule has 0 aliphatic carbocycles. The predicted octanol–water partition coefficient (Wildman–Crippen LogP) is 11.5. The summed E-state index contributed by atoms with van der Waals surface area (Å²) in [6.45, 7) is 19.6. The standard InChI is InChI=1S/C40H44F5N3S2/c1-10-29-16-23(2)14-15-34(29)48(21-28-12-11-13-31(18-28)49-46-39(7,8)9)25(4)20-47-22-32-24(3)17-30(41)19-33(32)40(44,45)35-26(5)27(6)36(42)37(43)38(35)50-47/h11-19,46H,4,10,20-22H2,1-3,5-9H3. The van der Waals surface area contributed by atoms with E-state index in [4.69, 9.17) is 0 Å². The molecule has 0 saturated carbocycles. The second kappa shape index (κ2) is 14.7. The van der Waals surface area contributed by atoms with Crippen molar-refractivity contribution in [2.45, 2.75) is 96.2 Å². The molecule has 1 heterocycles. The Morgan fingerprint density at radius 3 is 2.38 bits per heavy atom. The molecule has 0 aromatic heterocycles. The first-order valence-corrected chi connectivity index (χ1v) is 18.2. The van der Waals surface area contributed by atoms with Gasteiger partial charge in [-0.1, -0.05) is 43.3 Å². The van der Waals surface area contributed by atoms with Crippen molar-refractivity contribution in [1.82, 2.24) is 9.03 Å². The van der Waals surface area contributed by atoms with Crippen LogP contribution in [0.15, 0.2) is 76.7 Å². The number of anilines is 1. The molecule has 0 amide bonds. The average Bonchev–Trinajstić information content (AvgIpc) is 3.04. The number of hydrogen-bond donors (Lipinski definition) is 1. The summed E-state index contributed by atoms with van der Waals surface area (Å²) in [5, 5.41) is 0. The highest BCUT2D eigenvalue weighted by Crippen LogP contribution is 2.50. The molecular weight excluding hydrogens is 682 g/mol. The first kappa shape index (κ1) is 37.9. The Morgan fingerprint density at radius 1 is 0.980 bits per heavy atom. The van der Waals surface area contributed by atoms with Crippen LogP contribution in [0.25, 0.3) is 0 Å². The Hall–Kier alpha value is -3.31. The fourth-order valence-corrected chi connectivity index (χ4v) is 8.19. The molecule has 3 nitrogen and oxygen atoms in total. The van der Waals surface area contributed by atoms with Crippen molar-refractivity contribution in [3.63, 3.8) is 0 Å². The van der Waals surface area contributed by atoms with Gasteiger partial charge in [-0.2, -0.15) is 8.78 Å². The normalized spacial score (nSPS) is 14.5. The van der Waals surface area contributed by atoms with Crippen LogP contribution in [-0.4, -0.2) is 16.4 Å². The maximum atomic E-state index is 16.5. The van der Waals surface area contributed by atoms with Gasteiger partial charge in [-0.05, 0) is 142 Å². The van der Waals surface area contributed by atoms with Crippen molar-refractivity contribution >= 4 is 29.6 Å². The molecule has 0 saturated heterocycles. The quantitative estimate of drug-likeness (QED) is 0.136. The Labute approximate surface area is 301 Å². The third-order valence-corrected chi connectivity index (χ3v) is 11.2. The summed E-state index contributed by atoms with van der Waals surface area (Å²) in [4.78, 5) is 2.63. The third-order valence-electron chi connectivity index (χ3n) is 8.89. The molecule has 0 fully saturated rings. The molecule has 0 bridgehead atoms. The van der Waals surface area contributed by atoms with Crippen molar-refractivity contribution in [1.29, 1.82) is 0 Å². The Kier molecular flexibility index (Phi) is 11.2. The van der Waals surface area contributed by atoms with Crippen LogP contribution in [0.4, 0.5) is 27.6 Å². The van der Waals surface area contributed by atoms with E-state index in [1.807, 2.05) is 31.2 Å². The average molecular weight is 726 g/mol. The molecule has 4 aromatic rings. The third kappa shape index (κ3) is 7.93. The maximum absolute atomic E-state index is 16.5. The van der Waals surface area contributed by atoms with Gasteiger partial charge in [0.2, 0.25) is 0 Å². The van der Waals surface area contributed by atoms with Crippen molar-refractivity contribution in [2.24, 2.45) is 0 Å². The van der Waals surface area contributed by atoms with E-state index in [-0.39, 0.29) is 35.3 Å². The minimum Gasteiger partial charge on any atom is -0.340 e. The summed E-state index contributed by atoms with van der Waals surface area (Å²) in [5.74, 6) is -7.11. The van der Waals surface area contributed by atoms with Gasteiger partial charge in [0.15, 0.2) is 11.6 Å². The summed E-state index contributed by atoms with van der Waals surface area (Å²) in [6.07, 6.45) is 0.758. The smallest absolute Gasteiger partial charge is 0.300 e. The Bertz CT molecular complexity index is 1940. The second-order valence-corrected chi connectivity index (χ2v) is 16.0. The highest BCUT2D eigenvalue weighted by atomic mass is 32.2. The monoisotopic (exact) mass is 725 g/mol. The Morgan fingerprint density at radius 2 is 1.70 bits per heavy atom. The van der Waals surface area contributed by atoms with Crippen molar-refractivity contribution in [2.75, 3.05) is 11.4 Å². The van der Waals surface area contributed by atoms with E-state index in [2.05, 4.69) is 62.1 Å². The van der Waals surface area contributed by atoms with Crippen molar-refractivity contribution < 1.29 is 22.0 Å². The molecule has 1 aliphatic rings. The highest BCUT2D eigenvalue weighted by Gasteiger charge is 2.45. The zero-order valence-corrected chi connectivity index (χ0v) is 31.5. The van der Waals surface area contributed by atoms with Gasteiger partial charge in [0.25, 0.3) is 5.92 Å². The van der Waals surface area contributed by atoms with E-state index in [1.165, 1.54) is 19.9 Å². The number of nitrogens with zero attached hydrogens (tertiary/aromatic N) is 2. The van der Waals surface area contributed by atoms with E-state index in [1.54, 1.807) is 23.2 Å². The lowest BCUT2D eigenvalue weighted by Gasteiger charge is -2.36. The first-order valence-electron chi connectivity index (χ1n) is 16.6. The lowest BCUT2D eigenvalue weighted by molar-refractivity contribution is 0.0359. The maximum Gasteiger partial charge on any atom is 0.300 e. The van der Waals surface area contributed by atoms with Crippen molar-refractivity contribution in [3.8, 4) is 0 Å². The number of fused-ring (bicyclic) bond motifs is 2. The first-order chi connectivity index (χ1) is 23.4. The number of alkyl halides is 2. The second-order valence-electron chi connectivity index (χ2n) is 14.0. The molecule has 266 valence electrons. The van der Waals surface area contributed by atoms with Gasteiger partial charge in [0, 0.05) is 52.6 Å². The summed E-state index contributed by atoms with van der Waals surface area (Å²) >= 11 is 2.30. The number of halogens is 5. The molecule has 0 atom stereocenters. The van der Waals surface area contributed by atoms with Crippen molar-refractivity contribution in [3.05, 3.63) is 134 Å². The number of benzene rings is 4. The predicted molar refractivity (Wildman–Crippen MR) is 197 cm³/mol. The van der Waals surface area contributed by atoms with Crippen LogP contribution < -0.4 is 9.62 Å². The number of rotatable bonds is 9. The summed E-state index contributed by atoms with van der Waals surface area (Å²) in [5.41, 5.74) is 3.82. The van der Waals surface area contributed by atoms with E-state index in [0.29, 0.717) is 17.8 Å². The summed E-state index contributed by atoms with van der Waals surface area (Å²) in [6, 6.07) is 16.5. The molecule has 5 rings (SSSR count). The number of nitrogens with one attached hydrogen (secondary N) is 1. The van der Waals surface area contributed by atoms with Gasteiger partial charge < -0.3 is 4.90 Å². The van der Waals surface area contributed by atoms with Crippen LogP contribution >= 0.6 is 23.9 Å². The lowest BCUT2D eigenvalue weighted by Crippen LogP contribution is -2.33. The molecule has 0 spiro atoms. The van der Waals surface area contributed by atoms with Gasteiger partial charge in [-0.3, -0.25) is 4.72 Å². The van der Waals surface area contributed by atoms with Crippen LogP contribution in [0.2, 0.25) is 0 Å². The fourth-order valence-electron chi connectivity index (χ4n) is 6.20. The van der Waals surface area contributed by atoms with Gasteiger partial charge in [0.05, 0.1) is 4.90 Å². The van der Waals surface area contributed by atoms with Crippen LogP contribution in [0.3, 0.4) is 0 Å². The fraction of sp³-hybridized carbons (Fsp3) is 0.350. The number of hydrogen-bond acceptors (Lipinski definition) is 5. The zero-order chi connectivity index (χ0) is 36.7. The molecule has 0 unspecified atom stereocenters. The largest absolute Gasteiger partial charge is 0.340 e. The minimum absolute atomic E-state index is 0.0717. The van der Waals surface area contributed by atoms with Gasteiger partial charge in [-0.15, -0.1) is 0 Å². The molecule has 1 N–H and O–H groups in total. The molecule has 0 radical (unpaired) electrons. The zero-order valence-electron chi connectivity index (χ0n) is 29.8. The minimum atomic E-state index is -3.77. The van der Waals surface area contributed by atoms with E-state index in [0.717, 1.165) is 51.7 Å². The lowest BCUT2D eigenvalue weighted by atomic mass is 9.88. The van der Waals surface area contributed by atoms with Gasteiger partial charge in [-0.25, -0.2) is 17.5 Å². The van der Waals surface area contributed by atoms with Crippen LogP contribution in [-0.2, 0) is 25.4 Å². The molecule has 1 aliphatic heterocycles. The van der Waals surface area contributed by atoms with Crippen LogP contribution in [0, 0.1) is 45.1 Å². The van der Waals surface area contributed by atoms with Gasteiger partial charge in [0.1, 0.15) is 5.82 Å². The van der Waals surface area contributed by atoms with Crippen LogP contribution in [0.5, 0.6) is 0 Å². The van der Waals surface area contributed by atoms with E-state index >= 15 is 17.6 Å². The SMILES string of the molecule is C=C(CN1Cc2c(C)cc(F)cc2C(F)(F)c2c(C)c(C)c(F)c(F)c2S1)N(Cc1cccc(SNC(C)(C)C)c1)c1ccc(C)cc1CC. The Balaban J connectivity index is 1.60. The van der Waals surface area contributed by atoms with E-state index in [9.17, 15) is 4.39 Å². The highest BCUT2D eigenvalue weighted by molar-refractivity contribution is 7.97. The summed E-state index contributed by atoms with van der Waals surface area (Å²) in [7, 11) is 0. The summed E-state index contributed by atoms with van der Waals surface area (Å²) < 4.78 is 83.8. The molecule has 4 aromatic carbocycles.